The van der Waals surface area contributed by atoms with Crippen molar-refractivity contribution in [2.75, 3.05) is 32.0 Å². The van der Waals surface area contributed by atoms with E-state index in [1.54, 1.807) is 0 Å². The number of likely N-dealkylation sites (tertiary alicyclic amines) is 1. The molecule has 106 valence electrons. The van der Waals surface area contributed by atoms with E-state index in [1.807, 2.05) is 18.2 Å². The molecule has 1 aromatic carbocycles. The van der Waals surface area contributed by atoms with E-state index in [0.29, 0.717) is 12.4 Å². The normalized spacial score (nSPS) is 16.4. The number of hydrogen-bond donors (Lipinski definition) is 1. The van der Waals surface area contributed by atoms with E-state index in [4.69, 9.17) is 10.5 Å². The molecule has 0 unspecified atom stereocenters. The van der Waals surface area contributed by atoms with Crippen LogP contribution in [0.3, 0.4) is 0 Å². The Morgan fingerprint density at radius 2 is 2.00 bits per heavy atom. The molecule has 3 rings (SSSR count). The van der Waals surface area contributed by atoms with Gasteiger partial charge in [0.2, 0.25) is 0 Å². The fourth-order valence-corrected chi connectivity index (χ4v) is 2.62. The van der Waals surface area contributed by atoms with Gasteiger partial charge in [-0.3, -0.25) is 4.90 Å². The Hall–Kier alpha value is -1.88. The average Bonchev–Trinajstić information content (AvgIpc) is 2.48. The zero-order valence-electron chi connectivity index (χ0n) is 11.6. The third kappa shape index (κ3) is 2.99. The summed E-state index contributed by atoms with van der Waals surface area (Å²) in [4.78, 5) is 10.7. The second-order valence-electron chi connectivity index (χ2n) is 5.19. The maximum absolute atomic E-state index is 5.81. The van der Waals surface area contributed by atoms with Gasteiger partial charge in [-0.2, -0.15) is 0 Å². The lowest BCUT2D eigenvalue weighted by Gasteiger charge is -2.26. The van der Waals surface area contributed by atoms with Crippen LogP contribution in [0.1, 0.15) is 19.3 Å². The smallest absolute Gasteiger partial charge is 0.134 e. The maximum Gasteiger partial charge on any atom is 0.134 e. The Balaban J connectivity index is 1.60. The first-order valence-corrected chi connectivity index (χ1v) is 7.18. The summed E-state index contributed by atoms with van der Waals surface area (Å²) >= 11 is 0. The van der Waals surface area contributed by atoms with Gasteiger partial charge in [0.15, 0.2) is 0 Å². The minimum absolute atomic E-state index is 0.509. The molecule has 2 heterocycles. The van der Waals surface area contributed by atoms with Gasteiger partial charge in [-0.1, -0.05) is 6.42 Å². The van der Waals surface area contributed by atoms with E-state index in [-0.39, 0.29) is 0 Å². The zero-order chi connectivity index (χ0) is 13.8. The molecular formula is C15H20N4O. The molecule has 1 saturated heterocycles. The molecule has 1 aliphatic heterocycles. The van der Waals surface area contributed by atoms with Gasteiger partial charge in [-0.25, -0.2) is 9.97 Å². The number of hydrogen-bond acceptors (Lipinski definition) is 5. The molecule has 1 aliphatic rings. The van der Waals surface area contributed by atoms with Gasteiger partial charge in [-0.05, 0) is 38.1 Å². The van der Waals surface area contributed by atoms with Crippen molar-refractivity contribution in [3.8, 4) is 5.75 Å². The lowest BCUT2D eigenvalue weighted by atomic mass is 10.1. The summed E-state index contributed by atoms with van der Waals surface area (Å²) in [6.45, 7) is 4.10. The van der Waals surface area contributed by atoms with Crippen molar-refractivity contribution in [2.24, 2.45) is 0 Å². The molecule has 5 heteroatoms. The number of fused-ring (bicyclic) bond motifs is 1. The molecule has 20 heavy (non-hydrogen) atoms. The summed E-state index contributed by atoms with van der Waals surface area (Å²) in [5, 5.41) is 0.871. The van der Waals surface area contributed by atoms with Gasteiger partial charge in [0.25, 0.3) is 0 Å². The fourth-order valence-electron chi connectivity index (χ4n) is 2.62. The van der Waals surface area contributed by atoms with Crippen molar-refractivity contribution < 1.29 is 4.74 Å². The SMILES string of the molecule is Nc1ncnc2cc(OCCN3CCCCC3)ccc12. The molecule has 0 amide bonds. The number of aromatic nitrogens is 2. The van der Waals surface area contributed by atoms with E-state index in [2.05, 4.69) is 14.9 Å². The highest BCUT2D eigenvalue weighted by atomic mass is 16.5. The molecule has 2 aromatic rings. The van der Waals surface area contributed by atoms with Crippen LogP contribution in [0.25, 0.3) is 10.9 Å². The topological polar surface area (TPSA) is 64.3 Å². The highest BCUT2D eigenvalue weighted by molar-refractivity contribution is 5.88. The molecule has 5 nitrogen and oxygen atoms in total. The second-order valence-corrected chi connectivity index (χ2v) is 5.19. The molecule has 0 spiro atoms. The van der Waals surface area contributed by atoms with Crippen LogP contribution in [0.2, 0.25) is 0 Å². The summed E-state index contributed by atoms with van der Waals surface area (Å²) in [5.74, 6) is 1.35. The highest BCUT2D eigenvalue weighted by Crippen LogP contribution is 2.22. The number of ether oxygens (including phenoxy) is 1. The fraction of sp³-hybridized carbons (Fsp3) is 0.467. The summed E-state index contributed by atoms with van der Waals surface area (Å²) in [6.07, 6.45) is 5.47. The van der Waals surface area contributed by atoms with Crippen LogP contribution in [0.4, 0.5) is 5.82 Å². The van der Waals surface area contributed by atoms with E-state index in [0.717, 1.165) is 23.2 Å². The van der Waals surface area contributed by atoms with Crippen LogP contribution >= 0.6 is 0 Å². The third-order valence-corrected chi connectivity index (χ3v) is 3.76. The first-order valence-electron chi connectivity index (χ1n) is 7.18. The molecule has 1 aromatic heterocycles. The number of piperidine rings is 1. The molecule has 0 atom stereocenters. The average molecular weight is 272 g/mol. The van der Waals surface area contributed by atoms with Crippen molar-refractivity contribution in [1.82, 2.24) is 14.9 Å². The lowest BCUT2D eigenvalue weighted by Crippen LogP contribution is -2.33. The van der Waals surface area contributed by atoms with Crippen LogP contribution in [-0.2, 0) is 0 Å². The first-order chi connectivity index (χ1) is 9.83. The van der Waals surface area contributed by atoms with Gasteiger partial charge < -0.3 is 10.5 Å². The Morgan fingerprint density at radius 3 is 2.85 bits per heavy atom. The van der Waals surface area contributed by atoms with Crippen molar-refractivity contribution in [2.45, 2.75) is 19.3 Å². The standard InChI is InChI=1S/C15H20N4O/c16-15-13-5-4-12(10-14(13)17-11-18-15)20-9-8-19-6-2-1-3-7-19/h4-5,10-11H,1-3,6-9H2,(H2,16,17,18). The quantitative estimate of drug-likeness (QED) is 0.923. The van der Waals surface area contributed by atoms with Crippen LogP contribution in [0.5, 0.6) is 5.75 Å². The van der Waals surface area contributed by atoms with Crippen molar-refractivity contribution in [3.05, 3.63) is 24.5 Å². The number of rotatable bonds is 4. The van der Waals surface area contributed by atoms with Crippen LogP contribution in [0.15, 0.2) is 24.5 Å². The second kappa shape index (κ2) is 6.05. The number of nitrogens with two attached hydrogens (primary N) is 1. The van der Waals surface area contributed by atoms with E-state index in [1.165, 1.54) is 38.7 Å². The molecule has 0 saturated carbocycles. The van der Waals surface area contributed by atoms with Crippen molar-refractivity contribution >= 4 is 16.7 Å². The predicted octanol–water partition coefficient (Wildman–Crippen LogP) is 2.08. The predicted molar refractivity (Wildman–Crippen MR) is 79.7 cm³/mol. The Labute approximate surface area is 118 Å². The van der Waals surface area contributed by atoms with Crippen LogP contribution in [-0.4, -0.2) is 41.1 Å². The van der Waals surface area contributed by atoms with Crippen molar-refractivity contribution in [3.63, 3.8) is 0 Å². The summed E-state index contributed by atoms with van der Waals surface area (Å²) in [6, 6.07) is 5.77. The van der Waals surface area contributed by atoms with Crippen molar-refractivity contribution in [1.29, 1.82) is 0 Å². The minimum Gasteiger partial charge on any atom is -0.492 e. The van der Waals surface area contributed by atoms with E-state index >= 15 is 0 Å². The zero-order valence-corrected chi connectivity index (χ0v) is 11.6. The van der Waals surface area contributed by atoms with Gasteiger partial charge >= 0.3 is 0 Å². The number of anilines is 1. The molecule has 0 aliphatic carbocycles. The van der Waals surface area contributed by atoms with Gasteiger partial charge in [0.05, 0.1) is 5.52 Å². The number of nitrogen functional groups attached to an aromatic ring is 1. The summed E-state index contributed by atoms with van der Waals surface area (Å²) in [7, 11) is 0. The van der Waals surface area contributed by atoms with Crippen LogP contribution in [0, 0.1) is 0 Å². The third-order valence-electron chi connectivity index (χ3n) is 3.76. The largest absolute Gasteiger partial charge is 0.492 e. The Morgan fingerprint density at radius 1 is 1.15 bits per heavy atom. The van der Waals surface area contributed by atoms with Crippen LogP contribution < -0.4 is 10.5 Å². The lowest BCUT2D eigenvalue weighted by molar-refractivity contribution is 0.183. The Kier molecular flexibility index (Phi) is 3.97. The van der Waals surface area contributed by atoms with Gasteiger partial charge in [-0.15, -0.1) is 0 Å². The van der Waals surface area contributed by atoms with E-state index < -0.39 is 0 Å². The first kappa shape index (κ1) is 13.1. The number of nitrogens with zero attached hydrogens (tertiary/aromatic N) is 3. The molecule has 0 bridgehead atoms. The molecule has 1 fully saturated rings. The summed E-state index contributed by atoms with van der Waals surface area (Å²) < 4.78 is 5.81. The minimum atomic E-state index is 0.509. The summed E-state index contributed by atoms with van der Waals surface area (Å²) in [5.41, 5.74) is 6.63. The molecule has 0 radical (unpaired) electrons. The molecule has 2 N–H and O–H groups in total. The van der Waals surface area contributed by atoms with Gasteiger partial charge in [0.1, 0.15) is 24.5 Å². The number of benzene rings is 1. The molecular weight excluding hydrogens is 252 g/mol. The Bertz CT molecular complexity index is 581. The maximum atomic E-state index is 5.81. The van der Waals surface area contributed by atoms with E-state index in [9.17, 15) is 0 Å². The highest BCUT2D eigenvalue weighted by Gasteiger charge is 2.09. The monoisotopic (exact) mass is 272 g/mol. The van der Waals surface area contributed by atoms with Gasteiger partial charge in [0, 0.05) is 18.0 Å².